The van der Waals surface area contributed by atoms with Gasteiger partial charge in [-0.2, -0.15) is 0 Å². The molecule has 15 heavy (non-hydrogen) atoms. The van der Waals surface area contributed by atoms with Crippen molar-refractivity contribution >= 4 is 21.9 Å². The first-order valence-corrected chi connectivity index (χ1v) is 4.65. The summed E-state index contributed by atoms with van der Waals surface area (Å²) in [7, 11) is 2.68. The Bertz CT molecular complexity index is 406. The van der Waals surface area contributed by atoms with Gasteiger partial charge in [0.25, 0.3) is 0 Å². The molecule has 4 nitrogen and oxygen atoms in total. The average Bonchev–Trinajstić information content (AvgIpc) is 2.16. The van der Waals surface area contributed by atoms with Crippen LogP contribution in [0, 0.1) is 5.82 Å². The Morgan fingerprint density at radius 3 is 2.47 bits per heavy atom. The van der Waals surface area contributed by atoms with Crippen molar-refractivity contribution in [3.8, 4) is 11.5 Å². The normalized spacial score (nSPS) is 9.87. The smallest absolute Gasteiger partial charge is 0.339 e. The lowest BCUT2D eigenvalue weighted by atomic mass is 10.2. The van der Waals surface area contributed by atoms with E-state index in [4.69, 9.17) is 14.6 Å². The topological polar surface area (TPSA) is 55.8 Å². The molecule has 0 aliphatic carbocycles. The minimum Gasteiger partial charge on any atom is -0.493 e. The maximum absolute atomic E-state index is 13.3. The Balaban J connectivity index is 3.51. The molecule has 82 valence electrons. The third-order valence-corrected chi connectivity index (χ3v) is 2.53. The fourth-order valence-corrected chi connectivity index (χ4v) is 1.83. The van der Waals surface area contributed by atoms with E-state index in [1.807, 2.05) is 0 Å². The van der Waals surface area contributed by atoms with Gasteiger partial charge in [-0.1, -0.05) is 0 Å². The molecule has 0 fully saturated rings. The highest BCUT2D eigenvalue weighted by Crippen LogP contribution is 2.39. The van der Waals surface area contributed by atoms with Crippen LogP contribution in [0.25, 0.3) is 0 Å². The van der Waals surface area contributed by atoms with Crippen LogP contribution in [0.5, 0.6) is 11.5 Å². The zero-order valence-electron chi connectivity index (χ0n) is 8.01. The van der Waals surface area contributed by atoms with Gasteiger partial charge in [-0.15, -0.1) is 0 Å². The summed E-state index contributed by atoms with van der Waals surface area (Å²) in [5, 5.41) is 8.76. The van der Waals surface area contributed by atoms with Crippen molar-refractivity contribution in [1.29, 1.82) is 0 Å². The third-order valence-electron chi connectivity index (χ3n) is 1.78. The standard InChI is InChI=1S/C9H8BrFO4/c1-14-5-3-4(11)6(9(12)13)7(10)8(5)15-2/h3H,1-2H3,(H,12,13). The molecular weight excluding hydrogens is 271 g/mol. The molecule has 1 aromatic carbocycles. The number of ether oxygens (including phenoxy) is 2. The molecule has 0 atom stereocenters. The lowest BCUT2D eigenvalue weighted by Gasteiger charge is -2.11. The molecule has 0 spiro atoms. The van der Waals surface area contributed by atoms with Crippen molar-refractivity contribution in [2.75, 3.05) is 14.2 Å². The van der Waals surface area contributed by atoms with E-state index in [0.29, 0.717) is 0 Å². The molecule has 1 rings (SSSR count). The second-order valence-electron chi connectivity index (χ2n) is 2.59. The number of aromatic carboxylic acids is 1. The van der Waals surface area contributed by atoms with E-state index in [1.54, 1.807) is 0 Å². The quantitative estimate of drug-likeness (QED) is 0.922. The summed E-state index contributed by atoms with van der Waals surface area (Å²) in [5.74, 6) is -1.98. The van der Waals surface area contributed by atoms with Crippen molar-refractivity contribution in [1.82, 2.24) is 0 Å². The van der Waals surface area contributed by atoms with E-state index < -0.39 is 17.3 Å². The van der Waals surface area contributed by atoms with Crippen LogP contribution in [0.15, 0.2) is 10.5 Å². The van der Waals surface area contributed by atoms with Gasteiger partial charge < -0.3 is 14.6 Å². The van der Waals surface area contributed by atoms with Crippen molar-refractivity contribution in [3.63, 3.8) is 0 Å². The molecule has 0 aliphatic heterocycles. The molecular formula is C9H8BrFO4. The first-order valence-electron chi connectivity index (χ1n) is 3.86. The summed E-state index contributed by atoms with van der Waals surface area (Å²) in [6.45, 7) is 0. The van der Waals surface area contributed by atoms with Gasteiger partial charge in [0.05, 0.1) is 18.7 Å². The van der Waals surface area contributed by atoms with E-state index in [2.05, 4.69) is 15.9 Å². The molecule has 0 aliphatic rings. The molecule has 0 unspecified atom stereocenters. The predicted octanol–water partition coefficient (Wildman–Crippen LogP) is 2.30. The minimum absolute atomic E-state index is 0.0225. The highest BCUT2D eigenvalue weighted by atomic mass is 79.9. The van der Waals surface area contributed by atoms with Gasteiger partial charge in [-0.3, -0.25) is 0 Å². The number of rotatable bonds is 3. The first kappa shape index (κ1) is 11.8. The lowest BCUT2D eigenvalue weighted by Crippen LogP contribution is -2.04. The van der Waals surface area contributed by atoms with Gasteiger partial charge in [0.2, 0.25) is 0 Å². The van der Waals surface area contributed by atoms with Crippen LogP contribution in [0.1, 0.15) is 10.4 Å². The largest absolute Gasteiger partial charge is 0.493 e. The van der Waals surface area contributed by atoms with Crippen LogP contribution in [0.3, 0.4) is 0 Å². The highest BCUT2D eigenvalue weighted by Gasteiger charge is 2.22. The number of carbonyl (C=O) groups is 1. The van der Waals surface area contributed by atoms with Crippen LogP contribution in [-0.2, 0) is 0 Å². The van der Waals surface area contributed by atoms with Crippen molar-refractivity contribution in [2.45, 2.75) is 0 Å². The Morgan fingerprint density at radius 2 is 2.07 bits per heavy atom. The summed E-state index contributed by atoms with van der Waals surface area (Å²) in [6.07, 6.45) is 0. The number of methoxy groups -OCH3 is 2. The molecule has 0 bridgehead atoms. The summed E-state index contributed by atoms with van der Waals surface area (Å²) >= 11 is 2.96. The van der Waals surface area contributed by atoms with Crippen molar-refractivity contribution < 1.29 is 23.8 Å². The molecule has 0 saturated heterocycles. The fourth-order valence-electron chi connectivity index (χ4n) is 1.12. The van der Waals surface area contributed by atoms with E-state index in [1.165, 1.54) is 14.2 Å². The van der Waals surface area contributed by atoms with Gasteiger partial charge in [-0.05, 0) is 15.9 Å². The van der Waals surface area contributed by atoms with Gasteiger partial charge in [0.15, 0.2) is 11.5 Å². The zero-order chi connectivity index (χ0) is 11.6. The second kappa shape index (κ2) is 4.48. The van der Waals surface area contributed by atoms with E-state index in [0.717, 1.165) is 6.07 Å². The number of carboxylic acid groups (broad SMARTS) is 1. The number of hydrogen-bond donors (Lipinski definition) is 1. The zero-order valence-corrected chi connectivity index (χ0v) is 9.59. The van der Waals surface area contributed by atoms with Gasteiger partial charge in [0, 0.05) is 6.07 Å². The molecule has 0 amide bonds. The average molecular weight is 279 g/mol. The SMILES string of the molecule is COc1cc(F)c(C(=O)O)c(Br)c1OC. The van der Waals surface area contributed by atoms with Crippen LogP contribution in [0.4, 0.5) is 4.39 Å². The van der Waals surface area contributed by atoms with Gasteiger partial charge >= 0.3 is 5.97 Å². The molecule has 6 heteroatoms. The van der Waals surface area contributed by atoms with Crippen LogP contribution in [0.2, 0.25) is 0 Å². The molecule has 1 aromatic rings. The first-order chi connectivity index (χ1) is 7.02. The Hall–Kier alpha value is -1.30. The van der Waals surface area contributed by atoms with Crippen LogP contribution in [-0.4, -0.2) is 25.3 Å². The van der Waals surface area contributed by atoms with E-state index in [-0.39, 0.29) is 16.0 Å². The predicted molar refractivity (Wildman–Crippen MR) is 54.2 cm³/mol. The molecule has 0 saturated carbocycles. The highest BCUT2D eigenvalue weighted by molar-refractivity contribution is 9.10. The third kappa shape index (κ3) is 2.04. The van der Waals surface area contributed by atoms with Crippen molar-refractivity contribution in [3.05, 3.63) is 21.9 Å². The van der Waals surface area contributed by atoms with Gasteiger partial charge in [0.1, 0.15) is 11.4 Å². The molecule has 0 aromatic heterocycles. The molecule has 1 N–H and O–H groups in total. The maximum atomic E-state index is 13.3. The van der Waals surface area contributed by atoms with Crippen LogP contribution < -0.4 is 9.47 Å². The molecule has 0 heterocycles. The number of hydrogen-bond acceptors (Lipinski definition) is 3. The van der Waals surface area contributed by atoms with Crippen molar-refractivity contribution in [2.24, 2.45) is 0 Å². The number of halogens is 2. The Morgan fingerprint density at radius 1 is 1.47 bits per heavy atom. The Labute approximate surface area is 93.7 Å². The summed E-state index contributed by atoms with van der Waals surface area (Å²) in [4.78, 5) is 10.7. The fraction of sp³-hybridized carbons (Fsp3) is 0.222. The summed E-state index contributed by atoms with van der Waals surface area (Å²) < 4.78 is 23.1. The summed E-state index contributed by atoms with van der Waals surface area (Å²) in [5.41, 5.74) is -0.479. The van der Waals surface area contributed by atoms with E-state index >= 15 is 0 Å². The van der Waals surface area contributed by atoms with E-state index in [9.17, 15) is 9.18 Å². The van der Waals surface area contributed by atoms with Gasteiger partial charge in [-0.25, -0.2) is 9.18 Å². The molecule has 0 radical (unpaired) electrons. The Kier molecular flexibility index (Phi) is 3.52. The maximum Gasteiger partial charge on any atom is 0.339 e. The second-order valence-corrected chi connectivity index (χ2v) is 3.38. The van der Waals surface area contributed by atoms with Crippen LogP contribution >= 0.6 is 15.9 Å². The minimum atomic E-state index is -1.37. The number of carboxylic acids is 1. The number of benzene rings is 1. The lowest BCUT2D eigenvalue weighted by molar-refractivity contribution is 0.0690. The summed E-state index contributed by atoms with van der Waals surface area (Å²) in [6, 6.07) is 0.965. The monoisotopic (exact) mass is 278 g/mol.